The van der Waals surface area contributed by atoms with Gasteiger partial charge in [-0.1, -0.05) is 301 Å². The summed E-state index contributed by atoms with van der Waals surface area (Å²) in [6.45, 7) is 0. The van der Waals surface area contributed by atoms with Gasteiger partial charge in [0.05, 0.1) is 0 Å². The van der Waals surface area contributed by atoms with Crippen molar-refractivity contribution in [2.75, 3.05) is 0 Å². The van der Waals surface area contributed by atoms with Crippen molar-refractivity contribution in [2.45, 2.75) is 0 Å². The highest BCUT2D eigenvalue weighted by molar-refractivity contribution is 9.10. The summed E-state index contributed by atoms with van der Waals surface area (Å²) in [6.07, 6.45) is 0. The van der Waals surface area contributed by atoms with Gasteiger partial charge in [-0.05, 0) is 191 Å². The SMILES string of the molecule is Brc1cccc(-c2ccc3c(c2)oc2c4ccccc4ccc32)c1.OB(O)c1c2ccccc2c(-c2cccc3ccccc23)c2ccccc12.c1cc(-c2ccc3c(c2)oc2c4ccccc4ccc32)cc(-c2c3ccccc3c(-c3cccc4ccccc34)c3ccccc23)c1. The first-order valence-electron chi connectivity index (χ1n) is 33.1. The Kier molecular flexibility index (Phi) is 14.6. The van der Waals surface area contributed by atoms with Crippen LogP contribution in [0.1, 0.15) is 0 Å². The maximum atomic E-state index is 10.1. The molecule has 98 heavy (non-hydrogen) atoms. The largest absolute Gasteiger partial charge is 0.489 e. The summed E-state index contributed by atoms with van der Waals surface area (Å²) in [7, 11) is -1.53. The number of rotatable bonds is 6. The van der Waals surface area contributed by atoms with Crippen molar-refractivity contribution in [3.05, 3.63) is 344 Å². The lowest BCUT2D eigenvalue weighted by Gasteiger charge is -2.19. The van der Waals surface area contributed by atoms with Crippen molar-refractivity contribution in [3.63, 3.8) is 0 Å². The molecule has 0 amide bonds. The summed E-state index contributed by atoms with van der Waals surface area (Å²) in [4.78, 5) is 0. The van der Waals surface area contributed by atoms with E-state index in [1.807, 2.05) is 48.5 Å². The summed E-state index contributed by atoms with van der Waals surface area (Å²) < 4.78 is 13.9. The fourth-order valence-corrected chi connectivity index (χ4v) is 15.6. The molecule has 460 valence electrons. The number of furan rings is 2. The topological polar surface area (TPSA) is 66.7 Å². The zero-order valence-electron chi connectivity index (χ0n) is 53.0. The molecule has 0 bridgehead atoms. The first kappa shape index (κ1) is 58.7. The number of halogens is 1. The Balaban J connectivity index is 0.000000116. The first-order valence-corrected chi connectivity index (χ1v) is 33.9. The van der Waals surface area contributed by atoms with Crippen molar-refractivity contribution in [3.8, 4) is 55.6 Å². The van der Waals surface area contributed by atoms with Gasteiger partial charge in [-0.2, -0.15) is 0 Å². The van der Waals surface area contributed by atoms with Gasteiger partial charge in [0, 0.05) is 36.8 Å². The van der Waals surface area contributed by atoms with Crippen molar-refractivity contribution in [1.82, 2.24) is 0 Å². The molecule has 0 aliphatic rings. The van der Waals surface area contributed by atoms with Crippen molar-refractivity contribution < 1.29 is 18.9 Å². The molecule has 0 saturated heterocycles. The van der Waals surface area contributed by atoms with E-state index in [0.717, 1.165) is 97.5 Å². The fraction of sp³-hybridized carbons (Fsp3) is 0. The van der Waals surface area contributed by atoms with E-state index in [9.17, 15) is 10.0 Å². The molecule has 6 heteroatoms. The van der Waals surface area contributed by atoms with Crippen LogP contribution in [0.4, 0.5) is 0 Å². The van der Waals surface area contributed by atoms with Gasteiger partial charge in [-0.3, -0.25) is 0 Å². The summed E-state index contributed by atoms with van der Waals surface area (Å²) in [5.41, 5.74) is 16.3. The standard InChI is InChI=1S/C46H28O.C24H17BO2.C22H13BrO/c1-3-16-34-29(11-1)13-10-22-37(34)45-40-20-7-5-18-38(40)44(39-19-6-8-21-41(39)45)33-15-9-14-31(27-33)32-24-25-36-42-26-23-30-12-2-4-17-35(30)46(42)47-43(36)28-32;26-25(27)24-21-13-5-3-11-19(21)23(20-12-4-6-14-22(20)24)18-15-7-9-16-8-1-2-10-17(16)18;23-17-6-3-5-15(12-17)16-9-10-19-20-11-8-14-4-1-2-7-18(14)22(20)24-21(19)13-16/h1-28H;1-15,26-27H;1-13H. The van der Waals surface area contributed by atoms with Gasteiger partial charge in [0.2, 0.25) is 0 Å². The number of hydrogen-bond acceptors (Lipinski definition) is 4. The average molecular weight is 1320 g/mol. The molecule has 0 aliphatic heterocycles. The fourth-order valence-electron chi connectivity index (χ4n) is 15.2. The van der Waals surface area contributed by atoms with Crippen LogP contribution in [-0.2, 0) is 0 Å². The summed E-state index contributed by atoms with van der Waals surface area (Å²) >= 11 is 3.54. The highest BCUT2D eigenvalue weighted by atomic mass is 79.9. The van der Waals surface area contributed by atoms with E-state index in [1.54, 1.807) is 0 Å². The molecular weight excluding hydrogens is 1260 g/mol. The van der Waals surface area contributed by atoms with E-state index < -0.39 is 7.12 Å². The Morgan fingerprint density at radius 2 is 0.541 bits per heavy atom. The summed E-state index contributed by atoms with van der Waals surface area (Å²) in [6, 6.07) is 120. The van der Waals surface area contributed by atoms with Crippen LogP contribution in [0.15, 0.2) is 353 Å². The van der Waals surface area contributed by atoms with Crippen LogP contribution >= 0.6 is 15.9 Å². The molecule has 2 N–H and O–H groups in total. The Bertz CT molecular complexity index is 6450. The van der Waals surface area contributed by atoms with Gasteiger partial charge < -0.3 is 18.9 Å². The lowest BCUT2D eigenvalue weighted by atomic mass is 9.72. The molecule has 2 aromatic heterocycles. The molecule has 18 aromatic carbocycles. The molecule has 20 rings (SSSR count). The first-order chi connectivity index (χ1) is 48.4. The predicted octanol–water partition coefficient (Wildman–Crippen LogP) is 24.9. The zero-order valence-corrected chi connectivity index (χ0v) is 54.6. The molecule has 0 radical (unpaired) electrons. The van der Waals surface area contributed by atoms with Crippen LogP contribution in [-0.4, -0.2) is 17.2 Å². The average Bonchev–Trinajstić information content (AvgIpc) is 1.26. The molecule has 0 atom stereocenters. The van der Waals surface area contributed by atoms with Crippen LogP contribution < -0.4 is 5.46 Å². The third kappa shape index (κ3) is 10.1. The van der Waals surface area contributed by atoms with E-state index in [0.29, 0.717) is 5.46 Å². The molecule has 0 saturated carbocycles. The highest BCUT2D eigenvalue weighted by Gasteiger charge is 2.24. The molecule has 0 aliphatic carbocycles. The Morgan fingerprint density at radius 1 is 0.224 bits per heavy atom. The van der Waals surface area contributed by atoms with E-state index in [1.165, 1.54) is 92.6 Å². The quantitative estimate of drug-likeness (QED) is 0.129. The third-order valence-corrected chi connectivity index (χ3v) is 20.1. The molecular formula is C92H58BBrO4. The van der Waals surface area contributed by atoms with Gasteiger partial charge in [0.1, 0.15) is 22.3 Å². The summed E-state index contributed by atoms with van der Waals surface area (Å²) in [5.74, 6) is 0. The second kappa shape index (κ2) is 24.4. The maximum absolute atomic E-state index is 10.1. The Morgan fingerprint density at radius 3 is 0.980 bits per heavy atom. The van der Waals surface area contributed by atoms with E-state index in [-0.39, 0.29) is 0 Å². The van der Waals surface area contributed by atoms with Crippen LogP contribution in [0, 0.1) is 0 Å². The number of hydrogen-bond donors (Lipinski definition) is 2. The van der Waals surface area contributed by atoms with Crippen molar-refractivity contribution in [1.29, 1.82) is 0 Å². The maximum Gasteiger partial charge on any atom is 0.489 e. The second-order valence-corrected chi connectivity index (χ2v) is 26.1. The lowest BCUT2D eigenvalue weighted by Crippen LogP contribution is -2.31. The lowest BCUT2D eigenvalue weighted by molar-refractivity contribution is 0.426. The number of benzene rings is 18. The van der Waals surface area contributed by atoms with E-state index >= 15 is 0 Å². The monoisotopic (exact) mass is 1320 g/mol. The molecule has 20 aromatic rings. The summed E-state index contributed by atoms with van der Waals surface area (Å²) in [5, 5.41) is 43.3. The second-order valence-electron chi connectivity index (χ2n) is 25.2. The molecule has 2 heterocycles. The van der Waals surface area contributed by atoms with Gasteiger partial charge in [-0.15, -0.1) is 0 Å². The Hall–Kier alpha value is -11.9. The van der Waals surface area contributed by atoms with Gasteiger partial charge in [0.15, 0.2) is 0 Å². The van der Waals surface area contributed by atoms with Gasteiger partial charge in [0.25, 0.3) is 0 Å². The minimum atomic E-state index is -1.53. The predicted molar refractivity (Wildman–Crippen MR) is 419 cm³/mol. The van der Waals surface area contributed by atoms with E-state index in [4.69, 9.17) is 8.83 Å². The number of fused-ring (bicyclic) bond motifs is 16. The third-order valence-electron chi connectivity index (χ3n) is 19.7. The van der Waals surface area contributed by atoms with Gasteiger partial charge in [-0.25, -0.2) is 0 Å². The smallest absolute Gasteiger partial charge is 0.455 e. The highest BCUT2D eigenvalue weighted by Crippen LogP contribution is 2.47. The van der Waals surface area contributed by atoms with Crippen LogP contribution in [0.3, 0.4) is 0 Å². The molecule has 0 spiro atoms. The molecule has 0 unspecified atom stereocenters. The van der Waals surface area contributed by atoms with Crippen LogP contribution in [0.5, 0.6) is 0 Å². The van der Waals surface area contributed by atoms with E-state index in [2.05, 4.69) is 307 Å². The van der Waals surface area contributed by atoms with Crippen LogP contribution in [0.25, 0.3) is 186 Å². The molecule has 0 fully saturated rings. The minimum absolute atomic E-state index is 0.560. The molecule has 4 nitrogen and oxygen atoms in total. The van der Waals surface area contributed by atoms with Gasteiger partial charge >= 0.3 is 7.12 Å². The van der Waals surface area contributed by atoms with Crippen molar-refractivity contribution in [2.24, 2.45) is 0 Å². The zero-order chi connectivity index (χ0) is 65.4. The minimum Gasteiger partial charge on any atom is -0.455 e. The van der Waals surface area contributed by atoms with Crippen molar-refractivity contribution >= 4 is 159 Å². The Labute approximate surface area is 573 Å². The van der Waals surface area contributed by atoms with Crippen LogP contribution in [0.2, 0.25) is 0 Å². The normalized spacial score (nSPS) is 11.6.